The van der Waals surface area contributed by atoms with Crippen molar-refractivity contribution in [3.8, 4) is 5.75 Å². The van der Waals surface area contributed by atoms with Gasteiger partial charge in [-0.2, -0.15) is 13.2 Å². The van der Waals surface area contributed by atoms with Crippen molar-refractivity contribution in [3.05, 3.63) is 59.2 Å². The summed E-state index contributed by atoms with van der Waals surface area (Å²) in [6, 6.07) is 11.0. The minimum absolute atomic E-state index is 0.109. The summed E-state index contributed by atoms with van der Waals surface area (Å²) < 4.78 is 82.7. The number of aliphatic carboxylic acids is 1. The molecule has 1 amide bonds. The molecule has 0 spiro atoms. The minimum atomic E-state index is -4.65. The molecule has 4 atom stereocenters. The van der Waals surface area contributed by atoms with Gasteiger partial charge in [-0.15, -0.1) is 0 Å². The van der Waals surface area contributed by atoms with Gasteiger partial charge >= 0.3 is 12.1 Å². The second kappa shape index (κ2) is 16.3. The van der Waals surface area contributed by atoms with E-state index in [1.165, 1.54) is 25.2 Å². The molecule has 0 radical (unpaired) electrons. The molecule has 1 saturated carbocycles. The van der Waals surface area contributed by atoms with Gasteiger partial charge in [0, 0.05) is 77.1 Å². The maximum atomic E-state index is 17.5. The molecule has 0 unspecified atom stereocenters. The molecule has 10 nitrogen and oxygen atoms in total. The van der Waals surface area contributed by atoms with Crippen LogP contribution < -0.4 is 9.64 Å². The Morgan fingerprint density at radius 1 is 0.907 bits per heavy atom. The first-order valence-electron chi connectivity index (χ1n) is 19.0. The lowest BCUT2D eigenvalue weighted by Gasteiger charge is -2.37. The van der Waals surface area contributed by atoms with Crippen molar-refractivity contribution in [1.29, 1.82) is 0 Å². The van der Waals surface area contributed by atoms with Gasteiger partial charge in [-0.05, 0) is 80.8 Å². The van der Waals surface area contributed by atoms with Gasteiger partial charge in [0.15, 0.2) is 11.3 Å². The fourth-order valence-electron chi connectivity index (χ4n) is 9.39. The molecular weight excluding hydrogens is 710 g/mol. The Kier molecular flexibility index (Phi) is 12.2. The van der Waals surface area contributed by atoms with Crippen LogP contribution in [0.25, 0.3) is 0 Å². The SMILES string of the molecule is CCOC1CCC(N2C[C@@H](c3ccc(OC)cc3)[C@](OC)(C(=O)N3C[C@H](c4ccc(C(F)(F)F)cc4N4CCC(C(=O)O)CC4)[C@@](F)(COC)C3)C2)CC1. The van der Waals surface area contributed by atoms with E-state index in [9.17, 15) is 23.1 Å². The summed E-state index contributed by atoms with van der Waals surface area (Å²) in [4.78, 5) is 32.3. The quantitative estimate of drug-likeness (QED) is 0.256. The molecule has 4 aliphatic rings. The number of likely N-dealkylation sites (tertiary alicyclic amines) is 2. The normalized spacial score (nSPS) is 29.9. The molecule has 3 saturated heterocycles. The number of alkyl halides is 4. The lowest BCUT2D eigenvalue weighted by Crippen LogP contribution is -2.55. The fourth-order valence-corrected chi connectivity index (χ4v) is 9.39. The average Bonchev–Trinajstić information content (AvgIpc) is 3.73. The molecule has 298 valence electrons. The Balaban J connectivity index is 1.34. The van der Waals surface area contributed by atoms with Crippen LogP contribution in [-0.4, -0.2) is 124 Å². The third kappa shape index (κ3) is 7.94. The molecule has 14 heteroatoms. The predicted octanol–water partition coefficient (Wildman–Crippen LogP) is 6.13. The first kappa shape index (κ1) is 40.2. The number of hydrogen-bond acceptors (Lipinski definition) is 8. The zero-order valence-corrected chi connectivity index (χ0v) is 31.6. The first-order chi connectivity index (χ1) is 25.8. The number of hydrogen-bond donors (Lipinski definition) is 1. The van der Waals surface area contributed by atoms with Gasteiger partial charge < -0.3 is 33.9 Å². The van der Waals surface area contributed by atoms with E-state index in [1.807, 2.05) is 31.2 Å². The summed E-state index contributed by atoms with van der Waals surface area (Å²) in [5.74, 6) is -2.71. The molecule has 3 heterocycles. The number of benzene rings is 2. The number of carbonyl (C=O) groups is 2. The number of methoxy groups -OCH3 is 3. The lowest BCUT2D eigenvalue weighted by molar-refractivity contribution is -0.155. The third-order valence-corrected chi connectivity index (χ3v) is 12.3. The molecule has 2 aromatic rings. The van der Waals surface area contributed by atoms with Crippen LogP contribution in [0.15, 0.2) is 42.5 Å². The number of halogens is 4. The zero-order valence-electron chi connectivity index (χ0n) is 31.6. The van der Waals surface area contributed by atoms with Gasteiger partial charge in [0.05, 0.1) is 37.8 Å². The van der Waals surface area contributed by atoms with Crippen LogP contribution in [0.3, 0.4) is 0 Å². The lowest BCUT2D eigenvalue weighted by atomic mass is 9.83. The molecule has 0 bridgehead atoms. The van der Waals surface area contributed by atoms with Gasteiger partial charge in [0.25, 0.3) is 5.91 Å². The average molecular weight is 764 g/mol. The van der Waals surface area contributed by atoms with E-state index >= 15 is 9.18 Å². The number of carbonyl (C=O) groups excluding carboxylic acids is 1. The van der Waals surface area contributed by atoms with E-state index in [4.69, 9.17) is 18.9 Å². The monoisotopic (exact) mass is 763 g/mol. The van der Waals surface area contributed by atoms with Gasteiger partial charge in [0.2, 0.25) is 0 Å². The number of carboxylic acid groups (broad SMARTS) is 1. The van der Waals surface area contributed by atoms with Crippen molar-refractivity contribution in [2.24, 2.45) is 5.92 Å². The van der Waals surface area contributed by atoms with Crippen LogP contribution in [0.4, 0.5) is 23.2 Å². The first-order valence-corrected chi connectivity index (χ1v) is 19.0. The molecule has 6 rings (SSSR count). The summed E-state index contributed by atoms with van der Waals surface area (Å²) in [6.45, 7) is 3.04. The van der Waals surface area contributed by atoms with Crippen molar-refractivity contribution in [3.63, 3.8) is 0 Å². The second-order valence-electron chi connectivity index (χ2n) is 15.3. The van der Waals surface area contributed by atoms with E-state index in [0.29, 0.717) is 24.5 Å². The highest BCUT2D eigenvalue weighted by atomic mass is 19.4. The largest absolute Gasteiger partial charge is 0.497 e. The summed E-state index contributed by atoms with van der Waals surface area (Å²) in [5.41, 5.74) is -3.01. The number of rotatable bonds is 12. The van der Waals surface area contributed by atoms with E-state index in [2.05, 4.69) is 4.90 Å². The molecule has 3 aliphatic heterocycles. The van der Waals surface area contributed by atoms with Crippen LogP contribution in [0, 0.1) is 5.92 Å². The van der Waals surface area contributed by atoms with Crippen molar-refractivity contribution in [2.45, 2.75) is 86.9 Å². The molecular formula is C40H53F4N3O7. The number of carboxylic acids is 1. The van der Waals surface area contributed by atoms with Crippen LogP contribution in [0.2, 0.25) is 0 Å². The molecule has 1 aliphatic carbocycles. The van der Waals surface area contributed by atoms with Crippen LogP contribution in [-0.2, 0) is 30.0 Å². The summed E-state index contributed by atoms with van der Waals surface area (Å²) >= 11 is 0. The van der Waals surface area contributed by atoms with Gasteiger partial charge in [-0.25, -0.2) is 4.39 Å². The van der Waals surface area contributed by atoms with Crippen LogP contribution in [0.5, 0.6) is 5.75 Å². The smallest absolute Gasteiger partial charge is 0.416 e. The van der Waals surface area contributed by atoms with Crippen molar-refractivity contribution in [1.82, 2.24) is 9.80 Å². The van der Waals surface area contributed by atoms with E-state index in [0.717, 1.165) is 43.4 Å². The Morgan fingerprint density at radius 2 is 1.59 bits per heavy atom. The highest BCUT2D eigenvalue weighted by molar-refractivity contribution is 5.88. The fraction of sp³-hybridized carbons (Fsp3) is 0.650. The maximum absolute atomic E-state index is 17.5. The summed E-state index contributed by atoms with van der Waals surface area (Å²) in [6.07, 6.45) is -0.328. The highest BCUT2D eigenvalue weighted by Gasteiger charge is 2.60. The van der Waals surface area contributed by atoms with Gasteiger partial charge in [0.1, 0.15) is 5.75 Å². The van der Waals surface area contributed by atoms with Crippen LogP contribution in [0.1, 0.15) is 74.0 Å². The Hall–Kier alpha value is -3.46. The molecule has 1 N–H and O–H groups in total. The number of piperidine rings is 1. The molecule has 4 fully saturated rings. The van der Waals surface area contributed by atoms with Crippen molar-refractivity contribution < 1.29 is 51.2 Å². The van der Waals surface area contributed by atoms with Crippen molar-refractivity contribution in [2.75, 3.05) is 78.7 Å². The number of nitrogens with zero attached hydrogens (tertiary/aromatic N) is 3. The Bertz CT molecular complexity index is 1610. The standard InChI is InChI=1S/C40H53F4N3O7/c1-5-54-31-13-9-29(10-14-31)46-21-33(26-6-11-30(52-3)12-7-26)39(24-46,53-4)37(50)47-22-34(38(41,23-47)25-51-2)32-15-8-28(40(42,43)44)20-35(32)45-18-16-27(17-19-45)36(48)49/h6-8,11-12,15,20,27,29,31,33-34H,5,9-10,13-14,16-19,21-25H2,1-4H3,(H,48,49)/t29?,31?,33-,34+,38-,39-/m0/s1. The third-order valence-electron chi connectivity index (χ3n) is 12.3. The number of amides is 1. The van der Waals surface area contributed by atoms with Gasteiger partial charge in [-0.3, -0.25) is 14.5 Å². The topological polar surface area (TPSA) is 101 Å². The van der Waals surface area contributed by atoms with Crippen LogP contribution >= 0.6 is 0 Å². The Morgan fingerprint density at radius 3 is 2.17 bits per heavy atom. The summed E-state index contributed by atoms with van der Waals surface area (Å²) in [5, 5.41) is 9.56. The molecule has 0 aromatic heterocycles. The maximum Gasteiger partial charge on any atom is 0.416 e. The number of anilines is 1. The summed E-state index contributed by atoms with van der Waals surface area (Å²) in [7, 11) is 4.46. The number of ether oxygens (including phenoxy) is 4. The highest BCUT2D eigenvalue weighted by Crippen LogP contribution is 2.49. The van der Waals surface area contributed by atoms with E-state index < -0.39 is 46.7 Å². The minimum Gasteiger partial charge on any atom is -0.497 e. The Labute approximate surface area is 314 Å². The zero-order chi connectivity index (χ0) is 38.8. The van der Waals surface area contributed by atoms with E-state index in [1.54, 1.807) is 12.0 Å². The van der Waals surface area contributed by atoms with E-state index in [-0.39, 0.29) is 75.9 Å². The van der Waals surface area contributed by atoms with Gasteiger partial charge in [-0.1, -0.05) is 18.2 Å². The van der Waals surface area contributed by atoms with Crippen molar-refractivity contribution >= 4 is 17.6 Å². The predicted molar refractivity (Wildman–Crippen MR) is 194 cm³/mol. The molecule has 54 heavy (non-hydrogen) atoms. The molecule has 2 aromatic carbocycles. The second-order valence-corrected chi connectivity index (χ2v) is 15.3.